The molecule has 4 aromatic rings. The summed E-state index contributed by atoms with van der Waals surface area (Å²) >= 11 is 0. The van der Waals surface area contributed by atoms with Gasteiger partial charge in [-0.25, -0.2) is 0 Å². The number of rotatable bonds is 1. The Morgan fingerprint density at radius 1 is 0.778 bits per heavy atom. The van der Waals surface area contributed by atoms with Crippen molar-refractivity contribution >= 4 is 38.8 Å². The molecule has 1 aromatic heterocycles. The van der Waals surface area contributed by atoms with Crippen LogP contribution in [-0.4, -0.2) is 18.2 Å². The Bertz CT molecular complexity index is 1160. The molecule has 0 bridgehead atoms. The molecule has 0 amide bonds. The highest BCUT2D eigenvalue weighted by Gasteiger charge is 2.18. The second kappa shape index (κ2) is 6.17. The molecule has 0 aliphatic carbocycles. The number of allylic oxidation sites excluding steroid dienone is 2. The number of aromatic nitrogens is 1. The van der Waals surface area contributed by atoms with Crippen LogP contribution < -0.4 is 4.90 Å². The number of nitrogens with zero attached hydrogens (tertiary/aromatic N) is 2. The molecule has 5 rings (SSSR count). The highest BCUT2D eigenvalue weighted by Crippen LogP contribution is 2.36. The van der Waals surface area contributed by atoms with Crippen LogP contribution in [0.2, 0.25) is 0 Å². The van der Waals surface area contributed by atoms with Crippen LogP contribution in [0.15, 0.2) is 85.5 Å². The lowest BCUT2D eigenvalue weighted by Gasteiger charge is -2.27. The highest BCUT2D eigenvalue weighted by molar-refractivity contribution is 6.10. The Morgan fingerprint density at radius 3 is 2.07 bits per heavy atom. The fourth-order valence-electron chi connectivity index (χ4n) is 4.24. The number of hydrogen-bond acceptors (Lipinski definition) is 1. The van der Waals surface area contributed by atoms with Gasteiger partial charge in [0.05, 0.1) is 11.0 Å². The minimum absolute atomic E-state index is 0.965. The summed E-state index contributed by atoms with van der Waals surface area (Å²) in [6.07, 6.45) is 3.23. The van der Waals surface area contributed by atoms with Crippen molar-refractivity contribution in [3.8, 4) is 0 Å². The van der Waals surface area contributed by atoms with Crippen molar-refractivity contribution in [2.45, 2.75) is 6.42 Å². The smallest absolute Gasteiger partial charge is 0.0537 e. The summed E-state index contributed by atoms with van der Waals surface area (Å²) in [6, 6.07) is 25.9. The van der Waals surface area contributed by atoms with E-state index in [0.717, 1.165) is 18.5 Å². The molecular formula is C25H22N2. The first-order chi connectivity index (χ1) is 13.2. The molecule has 0 saturated carbocycles. The first kappa shape index (κ1) is 16.0. The van der Waals surface area contributed by atoms with E-state index in [-0.39, 0.29) is 0 Å². The van der Waals surface area contributed by atoms with Crippen LogP contribution in [0, 0.1) is 0 Å². The van der Waals surface area contributed by atoms with Crippen LogP contribution in [0.3, 0.4) is 0 Å². The lowest BCUT2D eigenvalue weighted by molar-refractivity contribution is 0.878. The molecule has 27 heavy (non-hydrogen) atoms. The SMILES string of the molecule is C=C1/C=C(/n2c3ccccc3c3ccccc32)CCN(C)c2ccccc21. The number of hydrogen-bond donors (Lipinski definition) is 0. The summed E-state index contributed by atoms with van der Waals surface area (Å²) in [5.41, 5.74) is 7.33. The Labute approximate surface area is 159 Å². The summed E-state index contributed by atoms with van der Waals surface area (Å²) in [6.45, 7) is 5.36. The van der Waals surface area contributed by atoms with Crippen molar-refractivity contribution in [2.24, 2.45) is 0 Å². The molecule has 0 saturated heterocycles. The molecule has 1 aliphatic heterocycles. The van der Waals surface area contributed by atoms with Crippen LogP contribution in [0.1, 0.15) is 12.0 Å². The maximum Gasteiger partial charge on any atom is 0.0537 e. The third-order valence-corrected chi connectivity index (χ3v) is 5.57. The van der Waals surface area contributed by atoms with E-state index in [2.05, 4.69) is 102 Å². The molecule has 3 aromatic carbocycles. The summed E-state index contributed by atoms with van der Waals surface area (Å²) in [4.78, 5) is 2.33. The van der Waals surface area contributed by atoms with Crippen molar-refractivity contribution in [2.75, 3.05) is 18.5 Å². The Balaban J connectivity index is 1.77. The average molecular weight is 350 g/mol. The molecule has 132 valence electrons. The third-order valence-electron chi connectivity index (χ3n) is 5.57. The summed E-state index contributed by atoms with van der Waals surface area (Å²) in [5, 5.41) is 2.60. The Kier molecular flexibility index (Phi) is 3.64. The summed E-state index contributed by atoms with van der Waals surface area (Å²) < 4.78 is 2.41. The van der Waals surface area contributed by atoms with Crippen LogP contribution in [0.25, 0.3) is 33.1 Å². The van der Waals surface area contributed by atoms with E-state index in [9.17, 15) is 0 Å². The van der Waals surface area contributed by atoms with Crippen LogP contribution >= 0.6 is 0 Å². The maximum atomic E-state index is 4.40. The molecule has 2 nitrogen and oxygen atoms in total. The summed E-state index contributed by atoms with van der Waals surface area (Å²) in [7, 11) is 2.17. The van der Waals surface area contributed by atoms with Gasteiger partial charge in [-0.05, 0) is 29.8 Å². The first-order valence-electron chi connectivity index (χ1n) is 9.42. The van der Waals surface area contributed by atoms with Gasteiger partial charge in [-0.2, -0.15) is 0 Å². The molecule has 0 N–H and O–H groups in total. The van der Waals surface area contributed by atoms with E-state index < -0.39 is 0 Å². The van der Waals surface area contributed by atoms with Gasteiger partial charge in [0.15, 0.2) is 0 Å². The zero-order valence-electron chi connectivity index (χ0n) is 15.5. The monoisotopic (exact) mass is 350 g/mol. The minimum Gasteiger partial charge on any atom is -0.374 e. The van der Waals surface area contributed by atoms with Crippen molar-refractivity contribution < 1.29 is 0 Å². The normalized spacial score (nSPS) is 16.7. The van der Waals surface area contributed by atoms with Gasteiger partial charge >= 0.3 is 0 Å². The fraction of sp³-hybridized carbons (Fsp3) is 0.120. The van der Waals surface area contributed by atoms with Gasteiger partial charge in [-0.3, -0.25) is 0 Å². The quantitative estimate of drug-likeness (QED) is 0.397. The van der Waals surface area contributed by atoms with Crippen molar-refractivity contribution in [1.29, 1.82) is 0 Å². The van der Waals surface area contributed by atoms with E-state index in [0.29, 0.717) is 0 Å². The fourth-order valence-corrected chi connectivity index (χ4v) is 4.24. The van der Waals surface area contributed by atoms with Crippen LogP contribution in [0.5, 0.6) is 0 Å². The molecule has 0 fully saturated rings. The maximum absolute atomic E-state index is 4.40. The van der Waals surface area contributed by atoms with E-state index in [1.807, 2.05) is 0 Å². The zero-order chi connectivity index (χ0) is 18.4. The van der Waals surface area contributed by atoms with Gasteiger partial charge < -0.3 is 9.47 Å². The zero-order valence-corrected chi connectivity index (χ0v) is 15.5. The Hall–Kier alpha value is -3.26. The molecule has 2 heteroatoms. The molecule has 0 radical (unpaired) electrons. The molecule has 2 heterocycles. The van der Waals surface area contributed by atoms with E-state index in [1.54, 1.807) is 0 Å². The predicted octanol–water partition coefficient (Wildman–Crippen LogP) is 6.19. The highest BCUT2D eigenvalue weighted by atomic mass is 15.1. The van der Waals surface area contributed by atoms with Gasteiger partial charge in [0.2, 0.25) is 0 Å². The third kappa shape index (κ3) is 2.48. The predicted molar refractivity (Wildman–Crippen MR) is 117 cm³/mol. The van der Waals surface area contributed by atoms with Gasteiger partial charge in [-0.1, -0.05) is 61.2 Å². The Morgan fingerprint density at radius 2 is 1.37 bits per heavy atom. The second-order valence-electron chi connectivity index (χ2n) is 7.22. The molecule has 0 atom stereocenters. The van der Waals surface area contributed by atoms with Crippen molar-refractivity contribution in [3.63, 3.8) is 0 Å². The number of fused-ring (bicyclic) bond motifs is 4. The van der Waals surface area contributed by atoms with E-state index >= 15 is 0 Å². The standard InChI is InChI=1S/C25H22N2/c1-18-17-19(15-16-26(2)23-12-6-3-9-20(18)23)27-24-13-7-4-10-21(24)22-11-5-8-14-25(22)27/h3-14,17H,1,15-16H2,2H3/b19-17+. The first-order valence-corrected chi connectivity index (χ1v) is 9.42. The largest absolute Gasteiger partial charge is 0.374 e. The molecule has 0 unspecified atom stereocenters. The van der Waals surface area contributed by atoms with Crippen LogP contribution in [0.4, 0.5) is 5.69 Å². The van der Waals surface area contributed by atoms with Crippen molar-refractivity contribution in [1.82, 2.24) is 4.57 Å². The lowest BCUT2D eigenvalue weighted by Crippen LogP contribution is -2.22. The molecular weight excluding hydrogens is 328 g/mol. The topological polar surface area (TPSA) is 8.17 Å². The van der Waals surface area contributed by atoms with Gasteiger partial charge in [0.25, 0.3) is 0 Å². The van der Waals surface area contributed by atoms with Gasteiger partial charge in [0.1, 0.15) is 0 Å². The van der Waals surface area contributed by atoms with Crippen LogP contribution in [-0.2, 0) is 0 Å². The number of anilines is 1. The average Bonchev–Trinajstić information content (AvgIpc) is 3.04. The van der Waals surface area contributed by atoms with Gasteiger partial charge in [0, 0.05) is 47.7 Å². The number of para-hydroxylation sites is 3. The minimum atomic E-state index is 0.965. The second-order valence-corrected chi connectivity index (χ2v) is 7.22. The van der Waals surface area contributed by atoms with Crippen molar-refractivity contribution in [3.05, 3.63) is 91.0 Å². The van der Waals surface area contributed by atoms with E-state index in [1.165, 1.54) is 38.8 Å². The van der Waals surface area contributed by atoms with Gasteiger partial charge in [-0.15, -0.1) is 0 Å². The lowest BCUT2D eigenvalue weighted by atomic mass is 10.0. The summed E-state index contributed by atoms with van der Waals surface area (Å²) in [5.74, 6) is 0. The van der Waals surface area contributed by atoms with E-state index in [4.69, 9.17) is 0 Å². The molecule has 1 aliphatic rings. The molecule has 0 spiro atoms. The number of benzene rings is 3.